The normalized spacial score (nSPS) is 20.2. The Morgan fingerprint density at radius 1 is 1.39 bits per heavy atom. The molecule has 1 aliphatic heterocycles. The Morgan fingerprint density at radius 3 is 2.44 bits per heavy atom. The largest absolute Gasteiger partial charge is 0.480 e. The highest BCUT2D eigenvalue weighted by Crippen LogP contribution is 2.13. The van der Waals surface area contributed by atoms with Gasteiger partial charge in [-0.2, -0.15) is 0 Å². The molecule has 0 bridgehead atoms. The molecule has 1 fully saturated rings. The molecule has 18 heavy (non-hydrogen) atoms. The van der Waals surface area contributed by atoms with Crippen LogP contribution < -0.4 is 5.32 Å². The van der Waals surface area contributed by atoms with Gasteiger partial charge in [0.1, 0.15) is 6.04 Å². The molecule has 2 N–H and O–H groups in total. The van der Waals surface area contributed by atoms with Crippen molar-refractivity contribution >= 4 is 5.97 Å². The van der Waals surface area contributed by atoms with E-state index in [4.69, 9.17) is 0 Å². The Hall–Kier alpha value is -0.610. The lowest BCUT2D eigenvalue weighted by Crippen LogP contribution is -2.49. The molecule has 0 saturated carbocycles. The van der Waals surface area contributed by atoms with Crippen LogP contribution in [-0.2, 0) is 4.79 Å². The standard InChI is InChI=1S/C14H28N2O2/c1-4-7-16-8-5-12(6-9-16)15-13(14(17)18)10-11(2)3/h11-13,15H,4-10H2,1-3H3,(H,17,18). The number of nitrogens with zero attached hydrogens (tertiary/aromatic N) is 1. The van der Waals surface area contributed by atoms with Crippen molar-refractivity contribution in [3.05, 3.63) is 0 Å². The van der Waals surface area contributed by atoms with Crippen LogP contribution in [0.2, 0.25) is 0 Å². The molecular formula is C14H28N2O2. The fourth-order valence-corrected chi connectivity index (χ4v) is 2.64. The van der Waals surface area contributed by atoms with Crippen molar-refractivity contribution < 1.29 is 9.90 Å². The van der Waals surface area contributed by atoms with E-state index < -0.39 is 5.97 Å². The summed E-state index contributed by atoms with van der Waals surface area (Å²) < 4.78 is 0. The molecule has 0 spiro atoms. The molecular weight excluding hydrogens is 228 g/mol. The fourth-order valence-electron chi connectivity index (χ4n) is 2.64. The van der Waals surface area contributed by atoms with Gasteiger partial charge in [-0.15, -0.1) is 0 Å². The molecule has 0 aromatic carbocycles. The van der Waals surface area contributed by atoms with Gasteiger partial charge in [0.25, 0.3) is 0 Å². The number of hydrogen-bond acceptors (Lipinski definition) is 3. The number of rotatable bonds is 7. The molecule has 4 nitrogen and oxygen atoms in total. The van der Waals surface area contributed by atoms with Crippen LogP contribution in [0.4, 0.5) is 0 Å². The lowest BCUT2D eigenvalue weighted by atomic mass is 9.99. The van der Waals surface area contributed by atoms with E-state index in [2.05, 4.69) is 31.0 Å². The van der Waals surface area contributed by atoms with Crippen molar-refractivity contribution in [1.29, 1.82) is 0 Å². The monoisotopic (exact) mass is 256 g/mol. The summed E-state index contributed by atoms with van der Waals surface area (Å²) in [7, 11) is 0. The van der Waals surface area contributed by atoms with Crippen molar-refractivity contribution in [2.75, 3.05) is 19.6 Å². The summed E-state index contributed by atoms with van der Waals surface area (Å²) in [5.41, 5.74) is 0. The summed E-state index contributed by atoms with van der Waals surface area (Å²) in [6, 6.07) is -0.00863. The first kappa shape index (κ1) is 15.4. The highest BCUT2D eigenvalue weighted by molar-refractivity contribution is 5.73. The van der Waals surface area contributed by atoms with Crippen molar-refractivity contribution in [1.82, 2.24) is 10.2 Å². The van der Waals surface area contributed by atoms with E-state index in [1.807, 2.05) is 0 Å². The van der Waals surface area contributed by atoms with Gasteiger partial charge >= 0.3 is 5.97 Å². The molecule has 1 unspecified atom stereocenters. The minimum absolute atomic E-state index is 0.373. The number of hydrogen-bond donors (Lipinski definition) is 2. The van der Waals surface area contributed by atoms with E-state index in [1.165, 1.54) is 13.0 Å². The highest BCUT2D eigenvalue weighted by Gasteiger charge is 2.25. The van der Waals surface area contributed by atoms with Crippen molar-refractivity contribution in [2.24, 2.45) is 5.92 Å². The molecule has 1 heterocycles. The van der Waals surface area contributed by atoms with E-state index in [-0.39, 0.29) is 6.04 Å². The second-order valence-corrected chi connectivity index (χ2v) is 5.80. The van der Waals surface area contributed by atoms with E-state index in [0.29, 0.717) is 18.4 Å². The minimum atomic E-state index is -0.709. The zero-order valence-corrected chi connectivity index (χ0v) is 12.0. The van der Waals surface area contributed by atoms with Crippen molar-refractivity contribution in [3.63, 3.8) is 0 Å². The Balaban J connectivity index is 2.35. The SMILES string of the molecule is CCCN1CCC(NC(CC(C)C)C(=O)O)CC1. The van der Waals surface area contributed by atoms with Gasteiger partial charge in [0.05, 0.1) is 0 Å². The van der Waals surface area contributed by atoms with Gasteiger partial charge < -0.3 is 15.3 Å². The van der Waals surface area contributed by atoms with Crippen molar-refractivity contribution in [2.45, 2.75) is 58.5 Å². The molecule has 1 rings (SSSR count). The first-order chi connectivity index (χ1) is 8.52. The van der Waals surface area contributed by atoms with Crippen molar-refractivity contribution in [3.8, 4) is 0 Å². The first-order valence-corrected chi connectivity index (χ1v) is 7.24. The van der Waals surface area contributed by atoms with Crippen LogP contribution in [0, 0.1) is 5.92 Å². The van der Waals surface area contributed by atoms with Crippen LogP contribution in [0.25, 0.3) is 0 Å². The van der Waals surface area contributed by atoms with Crippen LogP contribution in [0.3, 0.4) is 0 Å². The molecule has 0 aliphatic carbocycles. The maximum absolute atomic E-state index is 11.2. The van der Waals surface area contributed by atoms with Gasteiger partial charge in [-0.3, -0.25) is 4.79 Å². The molecule has 1 atom stereocenters. The molecule has 1 saturated heterocycles. The number of carboxylic acids is 1. The number of carbonyl (C=O) groups is 1. The highest BCUT2D eigenvalue weighted by atomic mass is 16.4. The van der Waals surface area contributed by atoms with Gasteiger partial charge in [-0.25, -0.2) is 0 Å². The molecule has 1 aliphatic rings. The van der Waals surface area contributed by atoms with Gasteiger partial charge in [0, 0.05) is 6.04 Å². The smallest absolute Gasteiger partial charge is 0.320 e. The Labute approximate surface area is 111 Å². The number of carboxylic acid groups (broad SMARTS) is 1. The van der Waals surface area contributed by atoms with Gasteiger partial charge in [0.2, 0.25) is 0 Å². The van der Waals surface area contributed by atoms with Crippen LogP contribution in [0.5, 0.6) is 0 Å². The zero-order chi connectivity index (χ0) is 13.5. The van der Waals surface area contributed by atoms with Crippen LogP contribution >= 0.6 is 0 Å². The summed E-state index contributed by atoms with van der Waals surface area (Å²) in [6.45, 7) is 9.70. The summed E-state index contributed by atoms with van der Waals surface area (Å²) in [4.78, 5) is 13.7. The topological polar surface area (TPSA) is 52.6 Å². The number of piperidine rings is 1. The van der Waals surface area contributed by atoms with E-state index >= 15 is 0 Å². The van der Waals surface area contributed by atoms with Crippen LogP contribution in [0.15, 0.2) is 0 Å². The Morgan fingerprint density at radius 2 is 2.00 bits per heavy atom. The number of likely N-dealkylation sites (tertiary alicyclic amines) is 1. The molecule has 0 amide bonds. The summed E-state index contributed by atoms with van der Waals surface area (Å²) in [5, 5.41) is 12.5. The molecule has 4 heteroatoms. The fraction of sp³-hybridized carbons (Fsp3) is 0.929. The third-order valence-corrected chi connectivity index (χ3v) is 3.57. The quantitative estimate of drug-likeness (QED) is 0.731. The van der Waals surface area contributed by atoms with Gasteiger partial charge in [-0.05, 0) is 51.2 Å². The average Bonchev–Trinajstić information content (AvgIpc) is 2.30. The lowest BCUT2D eigenvalue weighted by molar-refractivity contribution is -0.140. The maximum atomic E-state index is 11.2. The second kappa shape index (κ2) is 7.74. The summed E-state index contributed by atoms with van der Waals surface area (Å²) in [6.07, 6.45) is 4.05. The van der Waals surface area contributed by atoms with E-state index in [0.717, 1.165) is 25.9 Å². The van der Waals surface area contributed by atoms with Gasteiger partial charge in [0.15, 0.2) is 0 Å². The molecule has 0 aromatic heterocycles. The summed E-state index contributed by atoms with van der Waals surface area (Å²) in [5.74, 6) is -0.293. The van der Waals surface area contributed by atoms with Crippen LogP contribution in [0.1, 0.15) is 46.5 Å². The minimum Gasteiger partial charge on any atom is -0.480 e. The Bertz CT molecular complexity index is 248. The predicted octanol–water partition coefficient (Wildman–Crippen LogP) is 1.95. The van der Waals surface area contributed by atoms with Crippen LogP contribution in [-0.4, -0.2) is 47.7 Å². The lowest BCUT2D eigenvalue weighted by Gasteiger charge is -2.33. The third kappa shape index (κ3) is 5.36. The summed E-state index contributed by atoms with van der Waals surface area (Å²) >= 11 is 0. The Kier molecular flexibility index (Phi) is 6.65. The third-order valence-electron chi connectivity index (χ3n) is 3.57. The first-order valence-electron chi connectivity index (χ1n) is 7.24. The van der Waals surface area contributed by atoms with Gasteiger partial charge in [-0.1, -0.05) is 20.8 Å². The number of aliphatic carboxylic acids is 1. The average molecular weight is 256 g/mol. The molecule has 106 valence electrons. The van der Waals surface area contributed by atoms with E-state index in [9.17, 15) is 9.90 Å². The number of nitrogens with one attached hydrogen (secondary N) is 1. The maximum Gasteiger partial charge on any atom is 0.320 e. The zero-order valence-electron chi connectivity index (χ0n) is 12.0. The van der Waals surface area contributed by atoms with E-state index in [1.54, 1.807) is 0 Å². The second-order valence-electron chi connectivity index (χ2n) is 5.80. The predicted molar refractivity (Wildman–Crippen MR) is 73.8 cm³/mol. The molecule has 0 aromatic rings. The molecule has 0 radical (unpaired) electrons.